The quantitative estimate of drug-likeness (QED) is 0.480. The van der Waals surface area contributed by atoms with Gasteiger partial charge in [-0.05, 0) is 54.8 Å². The summed E-state index contributed by atoms with van der Waals surface area (Å²) >= 11 is 0. The molecule has 5 rings (SSSR count). The van der Waals surface area contributed by atoms with Crippen LogP contribution in [0, 0.1) is 0 Å². The van der Waals surface area contributed by atoms with E-state index in [9.17, 15) is 0 Å². The molecule has 0 aliphatic carbocycles. The van der Waals surface area contributed by atoms with E-state index in [4.69, 9.17) is 14.7 Å². The van der Waals surface area contributed by atoms with Crippen molar-refractivity contribution in [3.05, 3.63) is 78.6 Å². The first kappa shape index (κ1) is 20.4. The molecule has 1 aliphatic heterocycles. The number of hydrogen-bond donors (Lipinski definition) is 1. The van der Waals surface area contributed by atoms with Gasteiger partial charge in [-0.3, -0.25) is 9.88 Å². The van der Waals surface area contributed by atoms with Gasteiger partial charge < -0.3 is 10.1 Å². The number of ether oxygens (including phenoxy) is 1. The SMILES string of the molecule is COc1cccc(CN2CCC(Nc3nc(-c4ccncc4)nc4ccccc34)CC2)c1. The Hall–Kier alpha value is -3.51. The molecule has 0 saturated carbocycles. The fraction of sp³-hybridized carbons (Fsp3) is 0.269. The molecule has 0 radical (unpaired) electrons. The lowest BCUT2D eigenvalue weighted by atomic mass is 10.0. The lowest BCUT2D eigenvalue weighted by molar-refractivity contribution is 0.211. The van der Waals surface area contributed by atoms with Crippen molar-refractivity contribution in [1.29, 1.82) is 0 Å². The van der Waals surface area contributed by atoms with E-state index >= 15 is 0 Å². The molecule has 0 amide bonds. The van der Waals surface area contributed by atoms with Crippen molar-refractivity contribution in [2.45, 2.75) is 25.4 Å². The monoisotopic (exact) mass is 425 g/mol. The fourth-order valence-electron chi connectivity index (χ4n) is 4.27. The zero-order chi connectivity index (χ0) is 21.8. The van der Waals surface area contributed by atoms with Crippen LogP contribution in [0.5, 0.6) is 5.75 Å². The third kappa shape index (κ3) is 4.55. The second-order valence-corrected chi connectivity index (χ2v) is 8.20. The highest BCUT2D eigenvalue weighted by Gasteiger charge is 2.21. The van der Waals surface area contributed by atoms with Gasteiger partial charge in [0.1, 0.15) is 11.6 Å². The van der Waals surface area contributed by atoms with E-state index in [-0.39, 0.29) is 0 Å². The molecule has 0 unspecified atom stereocenters. The second-order valence-electron chi connectivity index (χ2n) is 8.20. The van der Waals surface area contributed by atoms with Gasteiger partial charge in [-0.1, -0.05) is 24.3 Å². The van der Waals surface area contributed by atoms with Gasteiger partial charge in [0, 0.05) is 49.0 Å². The van der Waals surface area contributed by atoms with Crippen molar-refractivity contribution >= 4 is 16.7 Å². The fourth-order valence-corrected chi connectivity index (χ4v) is 4.27. The summed E-state index contributed by atoms with van der Waals surface area (Å²) in [6.07, 6.45) is 5.71. The van der Waals surface area contributed by atoms with E-state index in [1.165, 1.54) is 5.56 Å². The Balaban J connectivity index is 1.30. The van der Waals surface area contributed by atoms with Crippen LogP contribution >= 0.6 is 0 Å². The maximum atomic E-state index is 5.36. The molecule has 32 heavy (non-hydrogen) atoms. The molecule has 1 N–H and O–H groups in total. The first-order valence-corrected chi connectivity index (χ1v) is 11.1. The normalized spacial score (nSPS) is 15.0. The van der Waals surface area contributed by atoms with Crippen LogP contribution in [0.2, 0.25) is 0 Å². The van der Waals surface area contributed by atoms with E-state index in [1.807, 2.05) is 36.4 Å². The molecule has 1 fully saturated rings. The van der Waals surface area contributed by atoms with Crippen LogP contribution < -0.4 is 10.1 Å². The van der Waals surface area contributed by atoms with Crippen molar-refractivity contribution in [2.75, 3.05) is 25.5 Å². The average Bonchev–Trinajstić information content (AvgIpc) is 2.86. The Bertz CT molecular complexity index is 1190. The standard InChI is InChI=1S/C26H27N5O/c1-32-22-6-4-5-19(17-22)18-31-15-11-21(12-16-31)28-26-23-7-2-3-8-24(23)29-25(30-26)20-9-13-27-14-10-20/h2-10,13-14,17,21H,11-12,15-16,18H2,1H3,(H,28,29,30). The zero-order valence-electron chi connectivity index (χ0n) is 18.2. The number of anilines is 1. The summed E-state index contributed by atoms with van der Waals surface area (Å²) < 4.78 is 5.36. The number of pyridine rings is 1. The van der Waals surface area contributed by atoms with Crippen LogP contribution in [0.25, 0.3) is 22.3 Å². The molecule has 1 saturated heterocycles. The first-order chi connectivity index (χ1) is 15.8. The number of rotatable bonds is 6. The topological polar surface area (TPSA) is 63.2 Å². The highest BCUT2D eigenvalue weighted by molar-refractivity contribution is 5.90. The molecule has 0 atom stereocenters. The molecule has 6 heteroatoms. The van der Waals surface area contributed by atoms with Gasteiger partial charge in [0.2, 0.25) is 0 Å². The van der Waals surface area contributed by atoms with E-state index in [0.717, 1.165) is 66.3 Å². The van der Waals surface area contributed by atoms with Crippen molar-refractivity contribution in [2.24, 2.45) is 0 Å². The van der Waals surface area contributed by atoms with Crippen molar-refractivity contribution in [1.82, 2.24) is 19.9 Å². The Morgan fingerprint density at radius 2 is 1.78 bits per heavy atom. The molecule has 3 heterocycles. The third-order valence-electron chi connectivity index (χ3n) is 6.01. The molecule has 2 aromatic heterocycles. The summed E-state index contributed by atoms with van der Waals surface area (Å²) in [5.41, 5.74) is 3.22. The number of fused-ring (bicyclic) bond motifs is 1. The summed E-state index contributed by atoms with van der Waals surface area (Å²) in [4.78, 5) is 16.3. The van der Waals surface area contributed by atoms with Crippen LogP contribution in [0.15, 0.2) is 73.1 Å². The van der Waals surface area contributed by atoms with Crippen LogP contribution in [0.1, 0.15) is 18.4 Å². The highest BCUT2D eigenvalue weighted by Crippen LogP contribution is 2.27. The molecule has 6 nitrogen and oxygen atoms in total. The maximum Gasteiger partial charge on any atom is 0.162 e. The third-order valence-corrected chi connectivity index (χ3v) is 6.01. The molecule has 162 valence electrons. The number of benzene rings is 2. The first-order valence-electron chi connectivity index (χ1n) is 11.1. The number of piperidine rings is 1. The molecule has 0 spiro atoms. The second kappa shape index (κ2) is 9.32. The summed E-state index contributed by atoms with van der Waals surface area (Å²) in [6, 6.07) is 20.8. The highest BCUT2D eigenvalue weighted by atomic mass is 16.5. The van der Waals surface area contributed by atoms with E-state index in [1.54, 1.807) is 19.5 Å². The Labute approximate surface area is 188 Å². The van der Waals surface area contributed by atoms with Crippen molar-refractivity contribution in [3.8, 4) is 17.1 Å². The maximum absolute atomic E-state index is 5.36. The van der Waals surface area contributed by atoms with Crippen molar-refractivity contribution in [3.63, 3.8) is 0 Å². The van der Waals surface area contributed by atoms with Crippen LogP contribution in [0.3, 0.4) is 0 Å². The number of likely N-dealkylation sites (tertiary alicyclic amines) is 1. The minimum absolute atomic E-state index is 0.389. The van der Waals surface area contributed by atoms with E-state index < -0.39 is 0 Å². The summed E-state index contributed by atoms with van der Waals surface area (Å²) in [5.74, 6) is 2.55. The van der Waals surface area contributed by atoms with Gasteiger partial charge >= 0.3 is 0 Å². The Morgan fingerprint density at radius 3 is 2.59 bits per heavy atom. The zero-order valence-corrected chi connectivity index (χ0v) is 18.2. The number of hydrogen-bond acceptors (Lipinski definition) is 6. The Morgan fingerprint density at radius 1 is 0.969 bits per heavy atom. The predicted octanol–water partition coefficient (Wildman–Crippen LogP) is 4.78. The molecule has 4 aromatic rings. The lowest BCUT2D eigenvalue weighted by Gasteiger charge is -2.33. The number of aromatic nitrogens is 3. The smallest absolute Gasteiger partial charge is 0.162 e. The Kier molecular flexibility index (Phi) is 5.94. The van der Waals surface area contributed by atoms with Gasteiger partial charge in [-0.2, -0.15) is 0 Å². The molecular formula is C26H27N5O. The molecule has 2 aromatic carbocycles. The van der Waals surface area contributed by atoms with Gasteiger partial charge in [0.05, 0.1) is 12.6 Å². The molecule has 1 aliphatic rings. The number of nitrogens with zero attached hydrogens (tertiary/aromatic N) is 4. The number of methoxy groups -OCH3 is 1. The minimum Gasteiger partial charge on any atom is -0.497 e. The van der Waals surface area contributed by atoms with E-state index in [0.29, 0.717) is 6.04 Å². The van der Waals surface area contributed by atoms with Gasteiger partial charge in [0.15, 0.2) is 5.82 Å². The minimum atomic E-state index is 0.389. The van der Waals surface area contributed by atoms with Crippen molar-refractivity contribution < 1.29 is 4.74 Å². The molecule has 0 bridgehead atoms. The number of para-hydroxylation sites is 1. The summed E-state index contributed by atoms with van der Waals surface area (Å²) in [6.45, 7) is 3.05. The molecular weight excluding hydrogens is 398 g/mol. The van der Waals surface area contributed by atoms with E-state index in [2.05, 4.69) is 39.5 Å². The summed E-state index contributed by atoms with van der Waals surface area (Å²) in [7, 11) is 1.72. The number of nitrogens with one attached hydrogen (secondary N) is 1. The van der Waals surface area contributed by atoms with Crippen LogP contribution in [0.4, 0.5) is 5.82 Å². The van der Waals surface area contributed by atoms with Gasteiger partial charge in [-0.25, -0.2) is 9.97 Å². The van der Waals surface area contributed by atoms with Crippen LogP contribution in [-0.2, 0) is 6.54 Å². The lowest BCUT2D eigenvalue weighted by Crippen LogP contribution is -2.38. The largest absolute Gasteiger partial charge is 0.497 e. The van der Waals surface area contributed by atoms with Gasteiger partial charge in [0.25, 0.3) is 0 Å². The average molecular weight is 426 g/mol. The van der Waals surface area contributed by atoms with Gasteiger partial charge in [-0.15, -0.1) is 0 Å². The van der Waals surface area contributed by atoms with Crippen LogP contribution in [-0.4, -0.2) is 46.1 Å². The predicted molar refractivity (Wildman–Crippen MR) is 128 cm³/mol. The summed E-state index contributed by atoms with van der Waals surface area (Å²) in [5, 5.41) is 4.78.